The Balaban J connectivity index is 1.51. The number of hydrogen-bond donors (Lipinski definition) is 0. The van der Waals surface area contributed by atoms with E-state index in [1.54, 1.807) is 0 Å². The highest BCUT2D eigenvalue weighted by molar-refractivity contribution is 5.93. The lowest BCUT2D eigenvalue weighted by molar-refractivity contribution is -0.146. The third-order valence-electron chi connectivity index (χ3n) is 6.51. The molecule has 182 valence electrons. The van der Waals surface area contributed by atoms with E-state index in [-0.39, 0.29) is 37.4 Å². The number of esters is 2. The number of allylic oxidation sites excluding steroid dienone is 6. The van der Waals surface area contributed by atoms with Gasteiger partial charge in [-0.2, -0.15) is 0 Å². The van der Waals surface area contributed by atoms with Crippen molar-refractivity contribution in [1.82, 2.24) is 0 Å². The predicted molar refractivity (Wildman–Crippen MR) is 131 cm³/mol. The Labute approximate surface area is 204 Å². The van der Waals surface area contributed by atoms with Crippen molar-refractivity contribution in [2.45, 2.75) is 37.9 Å². The molecule has 2 fully saturated rings. The van der Waals surface area contributed by atoms with Crippen molar-refractivity contribution in [3.63, 3.8) is 0 Å². The summed E-state index contributed by atoms with van der Waals surface area (Å²) < 4.78 is 21.6. The lowest BCUT2D eigenvalue weighted by Gasteiger charge is -2.23. The highest BCUT2D eigenvalue weighted by Gasteiger charge is 2.31. The van der Waals surface area contributed by atoms with Gasteiger partial charge in [-0.3, -0.25) is 4.79 Å². The lowest BCUT2D eigenvalue weighted by atomic mass is 9.83. The molecular formula is C29H30O6. The van der Waals surface area contributed by atoms with E-state index in [1.165, 1.54) is 0 Å². The number of fused-ring (bicyclic) bond motifs is 1. The highest BCUT2D eigenvalue weighted by atomic mass is 16.6. The van der Waals surface area contributed by atoms with Crippen LogP contribution in [0.2, 0.25) is 0 Å². The largest absolute Gasteiger partial charge is 0.462 e. The van der Waals surface area contributed by atoms with Crippen LogP contribution in [0.25, 0.3) is 11.6 Å². The van der Waals surface area contributed by atoms with Crippen LogP contribution in [0.15, 0.2) is 71.9 Å². The van der Waals surface area contributed by atoms with Crippen LogP contribution in [-0.4, -0.2) is 50.6 Å². The second kappa shape index (κ2) is 11.0. The predicted octanol–water partition coefficient (Wildman–Crippen LogP) is 2.67. The Kier molecular flexibility index (Phi) is 7.40. The van der Waals surface area contributed by atoms with Crippen molar-refractivity contribution in [2.75, 3.05) is 26.4 Å². The number of rotatable bonds is 8. The van der Waals surface area contributed by atoms with Crippen LogP contribution >= 0.6 is 0 Å². The summed E-state index contributed by atoms with van der Waals surface area (Å²) in [5, 5.41) is 2.13. The zero-order valence-corrected chi connectivity index (χ0v) is 19.7. The van der Waals surface area contributed by atoms with Gasteiger partial charge in [0.25, 0.3) is 0 Å². The first-order valence-corrected chi connectivity index (χ1v) is 12.2. The van der Waals surface area contributed by atoms with E-state index >= 15 is 0 Å². The van der Waals surface area contributed by atoms with Crippen molar-refractivity contribution in [1.29, 1.82) is 0 Å². The Morgan fingerprint density at radius 2 is 1.69 bits per heavy atom. The molecule has 0 spiro atoms. The van der Waals surface area contributed by atoms with Crippen molar-refractivity contribution in [3.05, 3.63) is 82.3 Å². The minimum Gasteiger partial charge on any atom is -0.462 e. The summed E-state index contributed by atoms with van der Waals surface area (Å²) in [7, 11) is 0. The van der Waals surface area contributed by atoms with Gasteiger partial charge in [0, 0.05) is 0 Å². The molecule has 0 aromatic heterocycles. The van der Waals surface area contributed by atoms with Gasteiger partial charge in [0.05, 0.1) is 24.7 Å². The van der Waals surface area contributed by atoms with Gasteiger partial charge in [-0.25, -0.2) is 4.79 Å². The molecule has 6 nitrogen and oxygen atoms in total. The molecule has 0 amide bonds. The monoisotopic (exact) mass is 474 g/mol. The SMILES string of the molecule is O=C(OCC1CO1)C1=C(\CC2=c3ccccc3=CCC2C(=O)OCC2CO2)C/C=C\C=C/C/C=C\1. The van der Waals surface area contributed by atoms with Gasteiger partial charge in [0.1, 0.15) is 25.4 Å². The minimum absolute atomic E-state index is 0.000858. The number of benzene rings is 1. The molecule has 3 atom stereocenters. The van der Waals surface area contributed by atoms with Gasteiger partial charge in [0.2, 0.25) is 0 Å². The molecule has 35 heavy (non-hydrogen) atoms. The van der Waals surface area contributed by atoms with E-state index in [4.69, 9.17) is 18.9 Å². The van der Waals surface area contributed by atoms with Crippen LogP contribution in [0.1, 0.15) is 25.7 Å². The van der Waals surface area contributed by atoms with Gasteiger partial charge in [-0.05, 0) is 47.3 Å². The van der Waals surface area contributed by atoms with E-state index in [1.807, 2.05) is 54.7 Å². The van der Waals surface area contributed by atoms with Crippen LogP contribution < -0.4 is 10.4 Å². The van der Waals surface area contributed by atoms with Crippen molar-refractivity contribution < 1.29 is 28.5 Å². The molecule has 1 aromatic carbocycles. The lowest BCUT2D eigenvalue weighted by Crippen LogP contribution is -2.36. The highest BCUT2D eigenvalue weighted by Crippen LogP contribution is 2.31. The van der Waals surface area contributed by atoms with Gasteiger partial charge in [-0.1, -0.05) is 66.8 Å². The zero-order chi connectivity index (χ0) is 24.0. The molecule has 4 aliphatic rings. The maximum Gasteiger partial charge on any atom is 0.338 e. The molecule has 0 radical (unpaired) electrons. The van der Waals surface area contributed by atoms with Gasteiger partial charge >= 0.3 is 11.9 Å². The second-order valence-electron chi connectivity index (χ2n) is 9.14. The first-order valence-electron chi connectivity index (χ1n) is 12.2. The molecular weight excluding hydrogens is 444 g/mol. The number of epoxide rings is 2. The van der Waals surface area contributed by atoms with Crippen LogP contribution in [0, 0.1) is 5.92 Å². The second-order valence-corrected chi connectivity index (χ2v) is 9.14. The van der Waals surface area contributed by atoms with Gasteiger partial charge < -0.3 is 18.9 Å². The number of ether oxygens (including phenoxy) is 4. The summed E-state index contributed by atoms with van der Waals surface area (Å²) >= 11 is 0. The van der Waals surface area contributed by atoms with E-state index in [9.17, 15) is 9.59 Å². The number of hydrogen-bond acceptors (Lipinski definition) is 6. The van der Waals surface area contributed by atoms with Crippen LogP contribution in [0.4, 0.5) is 0 Å². The number of carbonyl (C=O) groups is 2. The maximum absolute atomic E-state index is 13.1. The summed E-state index contributed by atoms with van der Waals surface area (Å²) in [5.41, 5.74) is 2.44. The Morgan fingerprint density at radius 3 is 2.49 bits per heavy atom. The van der Waals surface area contributed by atoms with Crippen LogP contribution in [0.5, 0.6) is 0 Å². The molecule has 5 rings (SSSR count). The molecule has 0 saturated carbocycles. The van der Waals surface area contributed by atoms with Crippen molar-refractivity contribution in [2.24, 2.45) is 5.92 Å². The summed E-state index contributed by atoms with van der Waals surface area (Å²) in [4.78, 5) is 26.3. The van der Waals surface area contributed by atoms with Crippen molar-refractivity contribution >= 4 is 23.6 Å². The third-order valence-corrected chi connectivity index (χ3v) is 6.51. The molecule has 6 heteroatoms. The van der Waals surface area contributed by atoms with E-state index in [0.29, 0.717) is 44.5 Å². The fraction of sp³-hybridized carbons (Fsp3) is 0.379. The molecule has 2 heterocycles. The minimum atomic E-state index is -0.406. The molecule has 1 aromatic rings. The third kappa shape index (κ3) is 6.27. The average molecular weight is 475 g/mol. The topological polar surface area (TPSA) is 77.7 Å². The Bertz CT molecular complexity index is 1210. The van der Waals surface area contributed by atoms with Crippen LogP contribution in [-0.2, 0) is 28.5 Å². The Morgan fingerprint density at radius 1 is 0.943 bits per heavy atom. The van der Waals surface area contributed by atoms with Crippen LogP contribution in [0.3, 0.4) is 0 Å². The van der Waals surface area contributed by atoms with E-state index in [0.717, 1.165) is 21.6 Å². The van der Waals surface area contributed by atoms with E-state index in [2.05, 4.69) is 12.1 Å². The normalized spacial score (nSPS) is 29.7. The quantitative estimate of drug-likeness (QED) is 0.426. The van der Waals surface area contributed by atoms with E-state index < -0.39 is 5.92 Å². The van der Waals surface area contributed by atoms with Crippen molar-refractivity contribution in [3.8, 4) is 0 Å². The zero-order valence-electron chi connectivity index (χ0n) is 19.7. The summed E-state index contributed by atoms with van der Waals surface area (Å²) in [6.07, 6.45) is 16.4. The first kappa shape index (κ1) is 23.5. The summed E-state index contributed by atoms with van der Waals surface area (Å²) in [6, 6.07) is 8.09. The van der Waals surface area contributed by atoms with Gasteiger partial charge in [-0.15, -0.1) is 0 Å². The molecule has 2 saturated heterocycles. The standard InChI is InChI=1S/C29H30O6/c30-28(34-18-22-16-32-22)25-12-6-4-2-1-3-5-10-21(25)15-27-24-11-8-7-9-20(24)13-14-26(27)29(31)35-19-23-17-33-23/h1-3,5-9,11-13,22-23,26H,4,10,14-19H2/b2-1-,5-3-,12-6-,25-21-. The summed E-state index contributed by atoms with van der Waals surface area (Å²) in [6.45, 7) is 1.81. The average Bonchev–Trinajstić information content (AvgIpc) is 3.80. The fourth-order valence-electron chi connectivity index (χ4n) is 4.40. The maximum atomic E-state index is 13.1. The first-order chi connectivity index (χ1) is 17.2. The smallest absolute Gasteiger partial charge is 0.338 e. The summed E-state index contributed by atoms with van der Waals surface area (Å²) in [5.74, 6) is -1.01. The molecule has 3 unspecified atom stereocenters. The molecule has 2 aliphatic carbocycles. The fourth-order valence-corrected chi connectivity index (χ4v) is 4.40. The molecule has 2 aliphatic heterocycles. The molecule has 0 N–H and O–H groups in total. The number of carbonyl (C=O) groups excluding carboxylic acids is 2. The molecule has 0 bridgehead atoms. The Hall–Kier alpha value is -3.22. The van der Waals surface area contributed by atoms with Gasteiger partial charge in [0.15, 0.2) is 0 Å².